The number of ether oxygens (including phenoxy) is 1. The van der Waals surface area contributed by atoms with Gasteiger partial charge in [0.15, 0.2) is 0 Å². The van der Waals surface area contributed by atoms with Gasteiger partial charge in [-0.25, -0.2) is 4.98 Å². The van der Waals surface area contributed by atoms with Crippen molar-refractivity contribution in [1.82, 2.24) is 9.97 Å². The standard InChI is InChI=1S/C10H11N3O/c1-2-14-9-7-5-3-4-6-8(7)12-10(11)13-9/h3-6H,2H2,1H3,(H2,11,12,13). The number of nitrogen functional groups attached to an aromatic ring is 1. The number of nitrogens with two attached hydrogens (primary N) is 1. The van der Waals surface area contributed by atoms with E-state index in [9.17, 15) is 0 Å². The molecule has 0 saturated carbocycles. The smallest absolute Gasteiger partial charge is 0.226 e. The molecule has 2 aromatic rings. The minimum atomic E-state index is 0.243. The Labute approximate surface area is 81.7 Å². The first-order valence-corrected chi connectivity index (χ1v) is 4.46. The van der Waals surface area contributed by atoms with Crippen LogP contribution < -0.4 is 10.5 Å². The maximum atomic E-state index is 5.55. The molecule has 1 aromatic heterocycles. The Bertz CT molecular complexity index is 456. The van der Waals surface area contributed by atoms with E-state index in [4.69, 9.17) is 10.5 Å². The summed E-state index contributed by atoms with van der Waals surface area (Å²) in [7, 11) is 0. The molecule has 0 amide bonds. The van der Waals surface area contributed by atoms with Crippen LogP contribution in [0.3, 0.4) is 0 Å². The molecule has 1 aromatic carbocycles. The van der Waals surface area contributed by atoms with Gasteiger partial charge in [-0.2, -0.15) is 4.98 Å². The molecular weight excluding hydrogens is 178 g/mol. The van der Waals surface area contributed by atoms with E-state index < -0.39 is 0 Å². The Morgan fingerprint density at radius 2 is 2.07 bits per heavy atom. The van der Waals surface area contributed by atoms with E-state index in [0.29, 0.717) is 12.5 Å². The molecule has 2 rings (SSSR count). The van der Waals surface area contributed by atoms with Gasteiger partial charge in [-0.15, -0.1) is 0 Å². The van der Waals surface area contributed by atoms with Crippen molar-refractivity contribution in [2.75, 3.05) is 12.3 Å². The topological polar surface area (TPSA) is 61.0 Å². The first-order valence-electron chi connectivity index (χ1n) is 4.46. The molecule has 1 heterocycles. The van der Waals surface area contributed by atoms with E-state index in [2.05, 4.69) is 9.97 Å². The average molecular weight is 189 g/mol. The van der Waals surface area contributed by atoms with E-state index in [1.807, 2.05) is 31.2 Å². The number of nitrogens with zero attached hydrogens (tertiary/aromatic N) is 2. The van der Waals surface area contributed by atoms with Gasteiger partial charge >= 0.3 is 0 Å². The lowest BCUT2D eigenvalue weighted by Gasteiger charge is -2.05. The van der Waals surface area contributed by atoms with E-state index >= 15 is 0 Å². The summed E-state index contributed by atoms with van der Waals surface area (Å²) in [5, 5.41) is 0.892. The van der Waals surface area contributed by atoms with E-state index in [0.717, 1.165) is 10.9 Å². The van der Waals surface area contributed by atoms with Crippen molar-refractivity contribution in [3.05, 3.63) is 24.3 Å². The van der Waals surface area contributed by atoms with Crippen LogP contribution in [0.5, 0.6) is 5.88 Å². The van der Waals surface area contributed by atoms with Crippen LogP contribution in [0.4, 0.5) is 5.95 Å². The molecule has 0 unspecified atom stereocenters. The monoisotopic (exact) mass is 189 g/mol. The number of fused-ring (bicyclic) bond motifs is 1. The predicted octanol–water partition coefficient (Wildman–Crippen LogP) is 1.61. The molecule has 2 N–H and O–H groups in total. The van der Waals surface area contributed by atoms with E-state index in [-0.39, 0.29) is 5.95 Å². The lowest BCUT2D eigenvalue weighted by atomic mass is 10.2. The lowest BCUT2D eigenvalue weighted by molar-refractivity contribution is 0.331. The van der Waals surface area contributed by atoms with Crippen LogP contribution in [0, 0.1) is 0 Å². The highest BCUT2D eigenvalue weighted by Gasteiger charge is 2.05. The molecule has 4 nitrogen and oxygen atoms in total. The third-order valence-electron chi connectivity index (χ3n) is 1.87. The van der Waals surface area contributed by atoms with Crippen molar-refractivity contribution < 1.29 is 4.74 Å². The van der Waals surface area contributed by atoms with E-state index in [1.54, 1.807) is 0 Å². The molecule has 14 heavy (non-hydrogen) atoms. The fourth-order valence-corrected chi connectivity index (χ4v) is 1.31. The van der Waals surface area contributed by atoms with Gasteiger partial charge in [0.25, 0.3) is 0 Å². The summed E-state index contributed by atoms with van der Waals surface area (Å²) in [4.78, 5) is 8.14. The summed E-state index contributed by atoms with van der Waals surface area (Å²) in [6.45, 7) is 2.48. The number of rotatable bonds is 2. The Kier molecular flexibility index (Phi) is 2.18. The van der Waals surface area contributed by atoms with Crippen molar-refractivity contribution in [3.63, 3.8) is 0 Å². The Morgan fingerprint density at radius 3 is 2.86 bits per heavy atom. The molecule has 0 aliphatic heterocycles. The highest BCUT2D eigenvalue weighted by molar-refractivity contribution is 5.84. The highest BCUT2D eigenvalue weighted by Crippen LogP contribution is 2.22. The molecule has 0 bridgehead atoms. The number of aromatic nitrogens is 2. The fourth-order valence-electron chi connectivity index (χ4n) is 1.31. The number of anilines is 1. The third kappa shape index (κ3) is 1.46. The predicted molar refractivity (Wildman–Crippen MR) is 55.1 cm³/mol. The van der Waals surface area contributed by atoms with Crippen molar-refractivity contribution in [3.8, 4) is 5.88 Å². The second kappa shape index (κ2) is 3.49. The van der Waals surface area contributed by atoms with Gasteiger partial charge in [0.05, 0.1) is 17.5 Å². The zero-order valence-corrected chi connectivity index (χ0v) is 7.90. The van der Waals surface area contributed by atoms with Crippen LogP contribution in [0.15, 0.2) is 24.3 Å². The van der Waals surface area contributed by atoms with Crippen molar-refractivity contribution in [2.45, 2.75) is 6.92 Å². The molecular formula is C10H11N3O. The lowest BCUT2D eigenvalue weighted by Crippen LogP contribution is -2.01. The second-order valence-corrected chi connectivity index (χ2v) is 2.84. The van der Waals surface area contributed by atoms with Crippen molar-refractivity contribution in [2.24, 2.45) is 0 Å². The number of para-hydroxylation sites is 1. The van der Waals surface area contributed by atoms with Crippen molar-refractivity contribution >= 4 is 16.9 Å². The number of hydrogen-bond acceptors (Lipinski definition) is 4. The minimum Gasteiger partial charge on any atom is -0.477 e. The zero-order valence-electron chi connectivity index (χ0n) is 7.90. The zero-order chi connectivity index (χ0) is 9.97. The van der Waals surface area contributed by atoms with Gasteiger partial charge in [-0.1, -0.05) is 12.1 Å². The molecule has 72 valence electrons. The summed E-state index contributed by atoms with van der Waals surface area (Å²) in [5.74, 6) is 0.794. The number of benzene rings is 1. The van der Waals surface area contributed by atoms with Gasteiger partial charge < -0.3 is 10.5 Å². The van der Waals surface area contributed by atoms with Crippen LogP contribution in [-0.2, 0) is 0 Å². The Morgan fingerprint density at radius 1 is 1.29 bits per heavy atom. The summed E-state index contributed by atoms with van der Waals surface area (Å²) in [6, 6.07) is 7.63. The van der Waals surface area contributed by atoms with Crippen molar-refractivity contribution in [1.29, 1.82) is 0 Å². The number of hydrogen-bond donors (Lipinski definition) is 1. The summed E-state index contributed by atoms with van der Waals surface area (Å²) < 4.78 is 5.37. The third-order valence-corrected chi connectivity index (χ3v) is 1.87. The average Bonchev–Trinajstić information content (AvgIpc) is 2.18. The SMILES string of the molecule is CCOc1nc(N)nc2ccccc12. The first kappa shape index (κ1) is 8.74. The maximum absolute atomic E-state index is 5.55. The molecule has 0 radical (unpaired) electrons. The molecule has 4 heteroatoms. The van der Waals surface area contributed by atoms with Crippen LogP contribution in [-0.4, -0.2) is 16.6 Å². The second-order valence-electron chi connectivity index (χ2n) is 2.84. The van der Waals surface area contributed by atoms with Gasteiger partial charge in [-0.05, 0) is 19.1 Å². The maximum Gasteiger partial charge on any atom is 0.226 e. The first-order chi connectivity index (χ1) is 6.81. The largest absolute Gasteiger partial charge is 0.477 e. The molecule has 0 atom stereocenters. The molecule has 0 aliphatic rings. The quantitative estimate of drug-likeness (QED) is 0.779. The van der Waals surface area contributed by atoms with Crippen LogP contribution in [0.25, 0.3) is 10.9 Å². The van der Waals surface area contributed by atoms with E-state index in [1.165, 1.54) is 0 Å². The van der Waals surface area contributed by atoms with Gasteiger partial charge in [0.2, 0.25) is 11.8 Å². The van der Waals surface area contributed by atoms with Crippen LogP contribution in [0.2, 0.25) is 0 Å². The molecule has 0 saturated heterocycles. The fraction of sp³-hybridized carbons (Fsp3) is 0.200. The van der Waals surface area contributed by atoms with Gasteiger partial charge in [-0.3, -0.25) is 0 Å². The Hall–Kier alpha value is -1.84. The minimum absolute atomic E-state index is 0.243. The molecule has 0 aliphatic carbocycles. The van der Waals surface area contributed by atoms with Crippen LogP contribution >= 0.6 is 0 Å². The summed E-state index contributed by atoms with van der Waals surface area (Å²) in [5.41, 5.74) is 6.36. The van der Waals surface area contributed by atoms with Gasteiger partial charge in [0.1, 0.15) is 0 Å². The highest BCUT2D eigenvalue weighted by atomic mass is 16.5. The van der Waals surface area contributed by atoms with Crippen LogP contribution in [0.1, 0.15) is 6.92 Å². The summed E-state index contributed by atoms with van der Waals surface area (Å²) >= 11 is 0. The Balaban J connectivity index is 2.67. The molecule has 0 spiro atoms. The molecule has 0 fully saturated rings. The normalized spacial score (nSPS) is 10.4. The van der Waals surface area contributed by atoms with Gasteiger partial charge in [0, 0.05) is 0 Å². The summed E-state index contributed by atoms with van der Waals surface area (Å²) in [6.07, 6.45) is 0.